The molecule has 2 atom stereocenters. The number of Topliss-reactive ketones (excluding diaryl/α,β-unsaturated/α-hetero) is 3. The van der Waals surface area contributed by atoms with E-state index in [1.807, 2.05) is 17.2 Å². The third-order valence-electron chi connectivity index (χ3n) is 13.9. The van der Waals surface area contributed by atoms with E-state index in [1.165, 1.54) is 23.9 Å². The molecule has 27 heteroatoms. The third-order valence-corrected chi connectivity index (χ3v) is 14.5. The summed E-state index contributed by atoms with van der Waals surface area (Å²) in [6.45, 7) is 3.16. The number of imide groups is 1. The quantitative estimate of drug-likeness (QED) is 0.0339. The van der Waals surface area contributed by atoms with Crippen LogP contribution in [0.1, 0.15) is 72.9 Å². The molecular formula is C54H79GdN7O18S. The third kappa shape index (κ3) is 27.5. The van der Waals surface area contributed by atoms with E-state index in [4.69, 9.17) is 14.2 Å². The van der Waals surface area contributed by atoms with E-state index < -0.39 is 65.8 Å². The second kappa shape index (κ2) is 39.0. The average Bonchev–Trinajstić information content (AvgIpc) is 3.74. The van der Waals surface area contributed by atoms with E-state index in [0.29, 0.717) is 82.8 Å². The molecular weight excluding hydrogens is 1220 g/mol. The number of nitrogens with one attached hydrogen (secondary N) is 1. The summed E-state index contributed by atoms with van der Waals surface area (Å²) < 4.78 is 16.8. The molecule has 0 radical (unpaired) electrons. The molecule has 4 amide bonds. The number of amides is 4. The maximum atomic E-state index is 13.8. The van der Waals surface area contributed by atoms with Crippen LogP contribution >= 0.6 is 11.8 Å². The molecule has 4 rings (SSSR count). The Labute approximate surface area is 508 Å². The van der Waals surface area contributed by atoms with Gasteiger partial charge in [0, 0.05) is 161 Å². The van der Waals surface area contributed by atoms with Gasteiger partial charge in [-0.1, -0.05) is 24.6 Å². The number of hydrogen-bond donors (Lipinski definition) is 5. The monoisotopic (exact) mass is 1300 g/mol. The number of fused-ring (bicyclic) bond motifs is 1. The summed E-state index contributed by atoms with van der Waals surface area (Å²) in [5.41, 5.74) is 2.07. The molecule has 1 aromatic rings. The zero-order chi connectivity index (χ0) is 58.4. The first-order chi connectivity index (χ1) is 38.3. The van der Waals surface area contributed by atoms with Crippen LogP contribution in [-0.4, -0.2) is 265 Å². The van der Waals surface area contributed by atoms with Gasteiger partial charge < -0.3 is 44.9 Å². The summed E-state index contributed by atoms with van der Waals surface area (Å²) in [6.07, 6.45) is 6.16. The molecule has 25 nitrogen and oxygen atoms in total. The van der Waals surface area contributed by atoms with Gasteiger partial charge in [-0.25, -0.2) is 0 Å². The Morgan fingerprint density at radius 2 is 1.17 bits per heavy atom. The fraction of sp³-hybridized carbons (Fsp3) is 0.648. The fourth-order valence-electron chi connectivity index (χ4n) is 9.48. The van der Waals surface area contributed by atoms with Crippen LogP contribution in [0.4, 0.5) is 0 Å². The van der Waals surface area contributed by atoms with E-state index >= 15 is 0 Å². The number of hydrogen-bond acceptors (Lipinski definition) is 19. The van der Waals surface area contributed by atoms with Gasteiger partial charge in [0.1, 0.15) is 12.4 Å². The molecule has 0 spiro atoms. The molecule has 81 heavy (non-hydrogen) atoms. The van der Waals surface area contributed by atoms with Crippen LogP contribution in [0.5, 0.6) is 0 Å². The minimum Gasteiger partial charge on any atom is -0.481 e. The standard InChI is InChI=1S/C54H79N7O18S.Gd/c1-80-29-13-39(53(74)55-32-43(63)30-40(54(75)76)6-2-3-14-61-47(65)10-11-48(61)66)31-46(64)45-9-4-7-41-33-60(15-12-44(41)45)49(67)38-79-28-27-78-26-25-77-24-5-8-42(62)34-56-16-18-57(35-50(68)69)20-22-59(37-52(72)73)23-21-58(19-17-56)36-51(70)71;/h4,7,9-11,39-40H,2-3,5-6,8,12-38H2,1H3,(H,55,74)(H,68,69)(H,70,71)(H,72,73)(H,75,76);/t39-,40-;/m1./s1. The summed E-state index contributed by atoms with van der Waals surface area (Å²) in [5, 5.41) is 40.6. The summed E-state index contributed by atoms with van der Waals surface area (Å²) >= 11 is 1.51. The van der Waals surface area contributed by atoms with Crippen molar-refractivity contribution in [1.82, 2.24) is 34.7 Å². The first kappa shape index (κ1) is 70.6. The Hall–Kier alpha value is -4.68. The number of rotatable bonds is 37. The van der Waals surface area contributed by atoms with Crippen LogP contribution in [0.25, 0.3) is 0 Å². The first-order valence-electron chi connectivity index (χ1n) is 27.1. The number of aliphatic carboxylic acids is 4. The number of carboxylic acids is 4. The van der Waals surface area contributed by atoms with E-state index in [2.05, 4.69) is 5.32 Å². The molecule has 0 bridgehead atoms. The number of ketones is 3. The molecule has 5 N–H and O–H groups in total. The summed E-state index contributed by atoms with van der Waals surface area (Å²) in [7, 11) is 0. The maximum Gasteiger partial charge on any atom is 0.317 e. The zero-order valence-corrected chi connectivity index (χ0v) is 49.2. The van der Waals surface area contributed by atoms with Crippen molar-refractivity contribution in [3.8, 4) is 0 Å². The Bertz CT molecular complexity index is 2280. The molecule has 3 heterocycles. The van der Waals surface area contributed by atoms with Crippen molar-refractivity contribution in [1.29, 1.82) is 0 Å². The Morgan fingerprint density at radius 3 is 1.72 bits per heavy atom. The van der Waals surface area contributed by atoms with Gasteiger partial charge in [-0.05, 0) is 55.2 Å². The number of carbonyl (C=O) groups excluding carboxylic acids is 7. The Kier molecular flexibility index (Phi) is 34.0. The van der Waals surface area contributed by atoms with Crippen molar-refractivity contribution >= 4 is 76.6 Å². The normalized spacial score (nSPS) is 16.6. The minimum absolute atomic E-state index is 0. The molecule has 3 aliphatic heterocycles. The van der Waals surface area contributed by atoms with Gasteiger partial charge in [-0.3, -0.25) is 77.2 Å². The van der Waals surface area contributed by atoms with Gasteiger partial charge in [-0.15, -0.1) is 0 Å². The molecule has 1 saturated heterocycles. The van der Waals surface area contributed by atoms with Gasteiger partial charge in [-0.2, -0.15) is 11.8 Å². The zero-order valence-electron chi connectivity index (χ0n) is 46.1. The number of carbonyl (C=O) groups is 11. The first-order valence-corrected chi connectivity index (χ1v) is 28.5. The predicted molar refractivity (Wildman–Crippen MR) is 290 cm³/mol. The second-order valence-corrected chi connectivity index (χ2v) is 21.0. The second-order valence-electron chi connectivity index (χ2n) is 20.0. The van der Waals surface area contributed by atoms with Gasteiger partial charge in [0.25, 0.3) is 11.8 Å². The summed E-state index contributed by atoms with van der Waals surface area (Å²) in [4.78, 5) is 146. The summed E-state index contributed by atoms with van der Waals surface area (Å²) in [5.74, 6) is -7.77. The van der Waals surface area contributed by atoms with Crippen molar-refractivity contribution in [3.05, 3.63) is 47.0 Å². The maximum absolute atomic E-state index is 13.8. The summed E-state index contributed by atoms with van der Waals surface area (Å²) in [6, 6.07) is 5.30. The number of thioether (sulfide) groups is 1. The molecule has 452 valence electrons. The fourth-order valence-corrected chi connectivity index (χ4v) is 10.0. The minimum atomic E-state index is -1.16. The van der Waals surface area contributed by atoms with Crippen LogP contribution in [-0.2, 0) is 75.1 Å². The number of unbranched alkanes of at least 4 members (excludes halogenated alkanes) is 1. The number of carboxylic acid groups (broad SMARTS) is 4. The molecule has 0 saturated carbocycles. The van der Waals surface area contributed by atoms with Gasteiger partial charge in [0.05, 0.1) is 65.1 Å². The van der Waals surface area contributed by atoms with E-state index in [1.54, 1.807) is 31.7 Å². The average molecular weight is 1300 g/mol. The van der Waals surface area contributed by atoms with E-state index in [-0.39, 0.29) is 182 Å². The molecule has 1 aromatic carbocycles. The molecule has 0 unspecified atom stereocenters. The van der Waals surface area contributed by atoms with Crippen LogP contribution in [0.2, 0.25) is 0 Å². The smallest absolute Gasteiger partial charge is 0.317 e. The number of benzene rings is 1. The van der Waals surface area contributed by atoms with Crippen molar-refractivity contribution in [2.45, 2.75) is 64.3 Å². The molecule has 1 fully saturated rings. The topological polar surface area (TPSA) is 328 Å². The van der Waals surface area contributed by atoms with Crippen molar-refractivity contribution < 1.29 is 127 Å². The van der Waals surface area contributed by atoms with Gasteiger partial charge in [0.2, 0.25) is 11.8 Å². The van der Waals surface area contributed by atoms with E-state index in [9.17, 15) is 73.2 Å². The Balaban J connectivity index is 0.0000172. The largest absolute Gasteiger partial charge is 0.481 e. The van der Waals surface area contributed by atoms with Crippen LogP contribution in [0.3, 0.4) is 0 Å². The molecule has 0 aromatic heterocycles. The number of ether oxygens (including phenoxy) is 3. The van der Waals surface area contributed by atoms with Crippen LogP contribution in [0.15, 0.2) is 30.4 Å². The molecule has 3 aliphatic rings. The van der Waals surface area contributed by atoms with Crippen molar-refractivity contribution in [3.63, 3.8) is 0 Å². The molecule has 0 aliphatic carbocycles. The van der Waals surface area contributed by atoms with E-state index in [0.717, 1.165) is 16.0 Å². The van der Waals surface area contributed by atoms with Gasteiger partial charge >= 0.3 is 23.9 Å². The predicted octanol–water partition coefficient (Wildman–Crippen LogP) is 0.259. The number of nitrogens with zero attached hydrogens (tertiary/aromatic N) is 6. The Morgan fingerprint density at radius 1 is 0.630 bits per heavy atom. The van der Waals surface area contributed by atoms with Crippen molar-refractivity contribution in [2.75, 3.05) is 150 Å². The van der Waals surface area contributed by atoms with Crippen LogP contribution in [0, 0.1) is 51.8 Å². The van der Waals surface area contributed by atoms with Crippen molar-refractivity contribution in [2.24, 2.45) is 11.8 Å². The SMILES string of the molecule is CSCC[C@H](CC(=O)c1cccc2c1CCN(C(=O)COCCOCCOCCCC(=O)CN1CCN(CC(=O)O)CCN(CC(=O)O)CCN(CC(=O)O)CC1)C2)C(=O)NCC(=O)C[C@@H](CCCCN1C(=O)C=CC1=O)C(=O)O.[Gd]. The van der Waals surface area contributed by atoms with Gasteiger partial charge in [0.15, 0.2) is 11.6 Å². The van der Waals surface area contributed by atoms with Crippen LogP contribution < -0.4 is 5.32 Å².